The van der Waals surface area contributed by atoms with E-state index in [4.69, 9.17) is 4.74 Å². The molecule has 2 aliphatic carbocycles. The number of aromatic nitrogens is 2. The van der Waals surface area contributed by atoms with Gasteiger partial charge in [-0.25, -0.2) is 4.79 Å². The summed E-state index contributed by atoms with van der Waals surface area (Å²) in [6.45, 7) is 1.53. The Labute approximate surface area is 137 Å². The molecule has 1 spiro atoms. The van der Waals surface area contributed by atoms with Crippen LogP contribution in [0.1, 0.15) is 69.3 Å². The van der Waals surface area contributed by atoms with Crippen molar-refractivity contribution in [2.24, 2.45) is 5.41 Å². The van der Waals surface area contributed by atoms with Gasteiger partial charge in [-0.1, -0.05) is 12.8 Å². The third-order valence-corrected chi connectivity index (χ3v) is 6.64. The highest BCUT2D eigenvalue weighted by Gasteiger charge is 2.49. The maximum atomic E-state index is 12.1. The van der Waals surface area contributed by atoms with E-state index >= 15 is 0 Å². The van der Waals surface area contributed by atoms with E-state index in [0.29, 0.717) is 24.2 Å². The Kier molecular flexibility index (Phi) is 3.71. The van der Waals surface area contributed by atoms with Crippen LogP contribution in [-0.4, -0.2) is 34.1 Å². The number of rotatable bonds is 3. The Morgan fingerprint density at radius 2 is 1.96 bits per heavy atom. The second-order valence-corrected chi connectivity index (χ2v) is 7.82. The summed E-state index contributed by atoms with van der Waals surface area (Å²) in [5, 5.41) is 14.4. The van der Waals surface area contributed by atoms with Gasteiger partial charge in [-0.05, 0) is 55.9 Å². The average Bonchev–Trinajstić information content (AvgIpc) is 3.30. The normalized spacial score (nSPS) is 29.1. The molecule has 0 bridgehead atoms. The molecule has 1 atom stereocenters. The topological polar surface area (TPSA) is 64.3 Å². The summed E-state index contributed by atoms with van der Waals surface area (Å²) < 4.78 is 7.20. The van der Waals surface area contributed by atoms with Crippen molar-refractivity contribution in [2.75, 3.05) is 13.2 Å². The molecule has 3 aliphatic rings. The van der Waals surface area contributed by atoms with Crippen LogP contribution in [0.25, 0.3) is 0 Å². The van der Waals surface area contributed by atoms with Gasteiger partial charge in [0.2, 0.25) is 0 Å². The summed E-state index contributed by atoms with van der Waals surface area (Å²) in [5.41, 5.74) is 0.712. The van der Waals surface area contributed by atoms with Crippen molar-refractivity contribution in [2.45, 2.75) is 69.2 Å². The number of nitrogens with zero attached hydrogens (tertiary/aromatic N) is 2. The first-order chi connectivity index (χ1) is 11.1. The van der Waals surface area contributed by atoms with Crippen LogP contribution in [0.15, 0.2) is 12.4 Å². The zero-order chi connectivity index (χ0) is 15.9. The number of ether oxygens (including phenoxy) is 1. The van der Waals surface area contributed by atoms with Crippen LogP contribution in [0, 0.1) is 5.41 Å². The lowest BCUT2D eigenvalue weighted by atomic mass is 9.66. The summed E-state index contributed by atoms with van der Waals surface area (Å²) in [7, 11) is 0. The monoisotopic (exact) mass is 318 g/mol. The van der Waals surface area contributed by atoms with Crippen molar-refractivity contribution in [3.63, 3.8) is 0 Å². The predicted molar refractivity (Wildman–Crippen MR) is 85.4 cm³/mol. The van der Waals surface area contributed by atoms with Gasteiger partial charge in [0.05, 0.1) is 12.8 Å². The third-order valence-electron chi connectivity index (χ3n) is 6.64. The van der Waals surface area contributed by atoms with Crippen molar-refractivity contribution < 1.29 is 14.6 Å². The summed E-state index contributed by atoms with van der Waals surface area (Å²) >= 11 is 0. The van der Waals surface area contributed by atoms with Crippen molar-refractivity contribution in [1.82, 2.24) is 9.78 Å². The number of hydrogen-bond donors (Lipinski definition) is 1. The fourth-order valence-electron chi connectivity index (χ4n) is 4.94. The largest absolute Gasteiger partial charge is 0.479 e. The highest BCUT2D eigenvalue weighted by atomic mass is 16.5. The molecular weight excluding hydrogens is 292 g/mol. The van der Waals surface area contributed by atoms with Gasteiger partial charge in [-0.2, -0.15) is 5.10 Å². The van der Waals surface area contributed by atoms with E-state index in [1.165, 1.54) is 25.7 Å². The van der Waals surface area contributed by atoms with E-state index in [-0.39, 0.29) is 0 Å². The van der Waals surface area contributed by atoms with E-state index in [1.54, 1.807) is 4.68 Å². The van der Waals surface area contributed by atoms with Gasteiger partial charge in [-0.15, -0.1) is 0 Å². The second kappa shape index (κ2) is 5.62. The fourth-order valence-corrected chi connectivity index (χ4v) is 4.94. The highest BCUT2D eigenvalue weighted by Crippen LogP contribution is 2.53. The van der Waals surface area contributed by atoms with Crippen LogP contribution >= 0.6 is 0 Å². The minimum absolute atomic E-state index is 0.374. The zero-order valence-corrected chi connectivity index (χ0v) is 13.7. The molecule has 4 rings (SSSR count). The SMILES string of the molecule is O=C(O)C1(n2cc(C3CCOC3)cn2)CCC2(CCCC2)CC1. The number of carboxylic acids is 1. The number of aliphatic carboxylic acids is 1. The van der Waals surface area contributed by atoms with Gasteiger partial charge in [0, 0.05) is 18.7 Å². The maximum Gasteiger partial charge on any atom is 0.331 e. The molecule has 1 N–H and O–H groups in total. The van der Waals surface area contributed by atoms with Crippen LogP contribution < -0.4 is 0 Å². The highest BCUT2D eigenvalue weighted by molar-refractivity contribution is 5.76. The Hall–Kier alpha value is -1.36. The van der Waals surface area contributed by atoms with Gasteiger partial charge in [0.15, 0.2) is 5.54 Å². The smallest absolute Gasteiger partial charge is 0.331 e. The fraction of sp³-hybridized carbons (Fsp3) is 0.778. The first kappa shape index (κ1) is 15.2. The zero-order valence-electron chi connectivity index (χ0n) is 13.7. The first-order valence-electron chi connectivity index (χ1n) is 9.00. The molecule has 0 amide bonds. The molecule has 1 aromatic rings. The summed E-state index contributed by atoms with van der Waals surface area (Å²) in [5.74, 6) is -0.345. The van der Waals surface area contributed by atoms with E-state index in [9.17, 15) is 9.90 Å². The molecular formula is C18H26N2O3. The van der Waals surface area contributed by atoms with Gasteiger partial charge in [0.25, 0.3) is 0 Å². The average molecular weight is 318 g/mol. The van der Waals surface area contributed by atoms with Crippen molar-refractivity contribution in [1.29, 1.82) is 0 Å². The molecule has 3 fully saturated rings. The molecule has 5 heteroatoms. The maximum absolute atomic E-state index is 12.1. The first-order valence-corrected chi connectivity index (χ1v) is 9.00. The number of carboxylic acid groups (broad SMARTS) is 1. The standard InChI is InChI=1S/C18H26N2O3/c21-16(22)18(8-6-17(7-9-18)4-1-2-5-17)20-12-15(11-19-20)14-3-10-23-13-14/h11-12,14H,1-10,13H2,(H,21,22). The molecule has 1 aliphatic heterocycles. The quantitative estimate of drug-likeness (QED) is 0.928. The molecule has 23 heavy (non-hydrogen) atoms. The van der Waals surface area contributed by atoms with Crippen LogP contribution in [-0.2, 0) is 15.1 Å². The molecule has 2 heterocycles. The molecule has 1 aromatic heterocycles. The van der Waals surface area contributed by atoms with Crippen molar-refractivity contribution >= 4 is 5.97 Å². The van der Waals surface area contributed by atoms with E-state index in [2.05, 4.69) is 5.10 Å². The Morgan fingerprint density at radius 3 is 2.57 bits per heavy atom. The van der Waals surface area contributed by atoms with Crippen LogP contribution in [0.2, 0.25) is 0 Å². The Bertz CT molecular complexity index is 573. The lowest BCUT2D eigenvalue weighted by Gasteiger charge is -2.42. The summed E-state index contributed by atoms with van der Waals surface area (Å²) in [6, 6.07) is 0. The molecule has 126 valence electrons. The molecule has 1 unspecified atom stereocenters. The minimum atomic E-state index is -0.842. The molecule has 1 saturated heterocycles. The lowest BCUT2D eigenvalue weighted by molar-refractivity contribution is -0.151. The predicted octanol–water partition coefficient (Wildman–Crippen LogP) is 3.30. The van der Waals surface area contributed by atoms with Crippen LogP contribution in [0.5, 0.6) is 0 Å². The molecule has 0 radical (unpaired) electrons. The van der Waals surface area contributed by atoms with E-state index in [0.717, 1.165) is 38.0 Å². The third kappa shape index (κ3) is 2.49. The molecule has 2 saturated carbocycles. The molecule has 5 nitrogen and oxygen atoms in total. The van der Waals surface area contributed by atoms with Gasteiger partial charge in [-0.3, -0.25) is 4.68 Å². The van der Waals surface area contributed by atoms with Crippen LogP contribution in [0.4, 0.5) is 0 Å². The van der Waals surface area contributed by atoms with Gasteiger partial charge < -0.3 is 9.84 Å². The van der Waals surface area contributed by atoms with Crippen LogP contribution in [0.3, 0.4) is 0 Å². The van der Waals surface area contributed by atoms with Crippen molar-refractivity contribution in [3.05, 3.63) is 18.0 Å². The minimum Gasteiger partial charge on any atom is -0.479 e. The number of hydrogen-bond acceptors (Lipinski definition) is 3. The van der Waals surface area contributed by atoms with Crippen molar-refractivity contribution in [3.8, 4) is 0 Å². The van der Waals surface area contributed by atoms with Gasteiger partial charge in [0.1, 0.15) is 0 Å². The Morgan fingerprint density at radius 1 is 1.22 bits per heavy atom. The summed E-state index contributed by atoms with van der Waals surface area (Å²) in [4.78, 5) is 12.1. The Balaban J connectivity index is 1.57. The van der Waals surface area contributed by atoms with Gasteiger partial charge >= 0.3 is 5.97 Å². The second-order valence-electron chi connectivity index (χ2n) is 7.82. The molecule has 0 aromatic carbocycles. The lowest BCUT2D eigenvalue weighted by Crippen LogP contribution is -2.47. The van der Waals surface area contributed by atoms with E-state index in [1.807, 2.05) is 12.4 Å². The van der Waals surface area contributed by atoms with E-state index < -0.39 is 11.5 Å². The summed E-state index contributed by atoms with van der Waals surface area (Å²) in [6.07, 6.45) is 13.5. The number of carbonyl (C=O) groups is 1.